The minimum atomic E-state index is -0.277. The first kappa shape index (κ1) is 11.2. The van der Waals surface area contributed by atoms with Gasteiger partial charge in [-0.3, -0.25) is 0 Å². The molecule has 0 bridgehead atoms. The quantitative estimate of drug-likeness (QED) is 0.550. The fraction of sp³-hybridized carbons (Fsp3) is 0.727. The normalized spacial score (nSPS) is 21.6. The van der Waals surface area contributed by atoms with Crippen LogP contribution in [0, 0.1) is 0 Å². The minimum absolute atomic E-state index is 0.277. The zero-order valence-electron chi connectivity index (χ0n) is 8.84. The van der Waals surface area contributed by atoms with Crippen molar-refractivity contribution in [2.75, 3.05) is 13.2 Å². The fourth-order valence-corrected chi connectivity index (χ4v) is 1.59. The predicted molar refractivity (Wildman–Crippen MR) is 56.0 cm³/mol. The van der Waals surface area contributed by atoms with Gasteiger partial charge in [-0.15, -0.1) is 0 Å². The molecule has 1 unspecified atom stereocenters. The zero-order valence-corrected chi connectivity index (χ0v) is 8.84. The Morgan fingerprint density at radius 3 is 2.93 bits per heavy atom. The lowest BCUT2D eigenvalue weighted by atomic mass is 10.0. The van der Waals surface area contributed by atoms with Crippen molar-refractivity contribution >= 4 is 5.97 Å². The van der Waals surface area contributed by atoms with E-state index in [0.29, 0.717) is 18.2 Å². The Hall–Kier alpha value is -0.830. The van der Waals surface area contributed by atoms with Crippen molar-refractivity contribution in [2.45, 2.75) is 38.6 Å². The summed E-state index contributed by atoms with van der Waals surface area (Å²) in [6.07, 6.45) is 4.66. The third-order valence-electron chi connectivity index (χ3n) is 2.46. The number of carbonyl (C=O) groups excluding carboxylic acids is 1. The third kappa shape index (κ3) is 3.92. The summed E-state index contributed by atoms with van der Waals surface area (Å²) >= 11 is 0. The van der Waals surface area contributed by atoms with Gasteiger partial charge in [0, 0.05) is 11.6 Å². The molecule has 0 spiro atoms. The van der Waals surface area contributed by atoms with Crippen LogP contribution in [-0.4, -0.2) is 25.2 Å². The topological polar surface area (TPSA) is 38.3 Å². The second-order valence-electron chi connectivity index (χ2n) is 3.85. The lowest BCUT2D eigenvalue weighted by Crippen LogP contribution is -2.35. The van der Waals surface area contributed by atoms with Gasteiger partial charge in [0.2, 0.25) is 0 Å². The monoisotopic (exact) mass is 197 g/mol. The molecule has 14 heavy (non-hydrogen) atoms. The highest BCUT2D eigenvalue weighted by atomic mass is 16.5. The molecule has 0 amide bonds. The summed E-state index contributed by atoms with van der Waals surface area (Å²) in [5.41, 5.74) is 0.474. The maximum atomic E-state index is 11.0. The maximum Gasteiger partial charge on any atom is 0.333 e. The molecule has 1 heterocycles. The smallest absolute Gasteiger partial charge is 0.333 e. The first-order valence-corrected chi connectivity index (χ1v) is 5.26. The van der Waals surface area contributed by atoms with Gasteiger partial charge in [-0.2, -0.15) is 0 Å². The Balaban J connectivity index is 2.08. The summed E-state index contributed by atoms with van der Waals surface area (Å²) in [6.45, 7) is 6.80. The van der Waals surface area contributed by atoms with E-state index in [4.69, 9.17) is 4.74 Å². The lowest BCUT2D eigenvalue weighted by molar-refractivity contribution is -0.139. The second-order valence-corrected chi connectivity index (χ2v) is 3.85. The molecule has 0 aromatic carbocycles. The van der Waals surface area contributed by atoms with Crippen LogP contribution in [0.25, 0.3) is 0 Å². The molecule has 1 fully saturated rings. The van der Waals surface area contributed by atoms with E-state index in [0.717, 1.165) is 13.0 Å². The van der Waals surface area contributed by atoms with E-state index in [-0.39, 0.29) is 5.97 Å². The summed E-state index contributed by atoms with van der Waals surface area (Å²) in [4.78, 5) is 11.0. The molecule has 1 saturated heterocycles. The van der Waals surface area contributed by atoms with Crippen LogP contribution < -0.4 is 5.32 Å². The number of carbonyl (C=O) groups is 1. The summed E-state index contributed by atoms with van der Waals surface area (Å²) in [7, 11) is 0. The van der Waals surface area contributed by atoms with E-state index in [9.17, 15) is 4.79 Å². The Morgan fingerprint density at radius 2 is 2.36 bits per heavy atom. The highest BCUT2D eigenvalue weighted by Crippen LogP contribution is 2.10. The molecule has 1 rings (SSSR count). The highest BCUT2D eigenvalue weighted by molar-refractivity contribution is 5.86. The largest absolute Gasteiger partial charge is 0.462 e. The van der Waals surface area contributed by atoms with E-state index in [1.54, 1.807) is 6.92 Å². The Labute approximate surface area is 85.5 Å². The third-order valence-corrected chi connectivity index (χ3v) is 2.46. The van der Waals surface area contributed by atoms with Crippen LogP contribution in [0.4, 0.5) is 0 Å². The van der Waals surface area contributed by atoms with Crippen LogP contribution in [-0.2, 0) is 9.53 Å². The molecule has 1 aliphatic rings. The molecule has 3 nitrogen and oxygen atoms in total. The van der Waals surface area contributed by atoms with Gasteiger partial charge < -0.3 is 10.1 Å². The molecular weight excluding hydrogens is 178 g/mol. The molecule has 80 valence electrons. The summed E-state index contributed by atoms with van der Waals surface area (Å²) in [5, 5.41) is 3.41. The van der Waals surface area contributed by atoms with E-state index >= 15 is 0 Å². The zero-order chi connectivity index (χ0) is 10.4. The number of hydrogen-bond acceptors (Lipinski definition) is 3. The van der Waals surface area contributed by atoms with E-state index in [1.165, 1.54) is 19.3 Å². The van der Waals surface area contributed by atoms with Crippen molar-refractivity contribution in [1.82, 2.24) is 5.32 Å². The lowest BCUT2D eigenvalue weighted by Gasteiger charge is -2.23. The highest BCUT2D eigenvalue weighted by Gasteiger charge is 2.12. The van der Waals surface area contributed by atoms with E-state index < -0.39 is 0 Å². The number of hydrogen-bond donors (Lipinski definition) is 1. The van der Waals surface area contributed by atoms with Crippen molar-refractivity contribution in [3.63, 3.8) is 0 Å². The van der Waals surface area contributed by atoms with Gasteiger partial charge in [0.15, 0.2) is 0 Å². The molecule has 0 aliphatic carbocycles. The van der Waals surface area contributed by atoms with Gasteiger partial charge in [0.05, 0.1) is 6.61 Å². The van der Waals surface area contributed by atoms with Gasteiger partial charge in [0.25, 0.3) is 0 Å². The maximum absolute atomic E-state index is 11.0. The molecule has 1 atom stereocenters. The van der Waals surface area contributed by atoms with Gasteiger partial charge >= 0.3 is 5.97 Å². The van der Waals surface area contributed by atoms with Crippen molar-refractivity contribution in [2.24, 2.45) is 0 Å². The number of ether oxygens (including phenoxy) is 1. The van der Waals surface area contributed by atoms with Crippen LogP contribution >= 0.6 is 0 Å². The minimum Gasteiger partial charge on any atom is -0.462 e. The SMILES string of the molecule is C=C(C)C(=O)OCCC1CCCCN1. The van der Waals surface area contributed by atoms with Crippen LogP contribution in [0.15, 0.2) is 12.2 Å². The first-order chi connectivity index (χ1) is 6.70. The molecular formula is C11H19NO2. The second kappa shape index (κ2) is 5.81. The Kier molecular flexibility index (Phi) is 4.66. The summed E-state index contributed by atoms with van der Waals surface area (Å²) in [6, 6.07) is 0.529. The fourth-order valence-electron chi connectivity index (χ4n) is 1.59. The van der Waals surface area contributed by atoms with Crippen LogP contribution in [0.2, 0.25) is 0 Å². The van der Waals surface area contributed by atoms with Gasteiger partial charge in [0.1, 0.15) is 0 Å². The standard InChI is InChI=1S/C11H19NO2/c1-9(2)11(13)14-8-6-10-5-3-4-7-12-10/h10,12H,1,3-8H2,2H3. The number of esters is 1. The van der Waals surface area contributed by atoms with Crippen LogP contribution in [0.5, 0.6) is 0 Å². The van der Waals surface area contributed by atoms with Crippen molar-refractivity contribution in [3.8, 4) is 0 Å². The summed E-state index contributed by atoms with van der Waals surface area (Å²) in [5.74, 6) is -0.277. The molecule has 0 radical (unpaired) electrons. The van der Waals surface area contributed by atoms with Crippen molar-refractivity contribution in [3.05, 3.63) is 12.2 Å². The number of rotatable bonds is 4. The van der Waals surface area contributed by atoms with Gasteiger partial charge in [-0.05, 0) is 32.7 Å². The van der Waals surface area contributed by atoms with Crippen LogP contribution in [0.3, 0.4) is 0 Å². The molecule has 0 aromatic heterocycles. The summed E-state index contributed by atoms with van der Waals surface area (Å²) < 4.78 is 5.03. The van der Waals surface area contributed by atoms with Gasteiger partial charge in [-0.1, -0.05) is 13.0 Å². The number of piperidine rings is 1. The molecule has 0 saturated carbocycles. The average molecular weight is 197 g/mol. The van der Waals surface area contributed by atoms with E-state index in [2.05, 4.69) is 11.9 Å². The molecule has 1 N–H and O–H groups in total. The Bertz CT molecular complexity index is 207. The molecule has 1 aliphatic heterocycles. The number of nitrogens with one attached hydrogen (secondary N) is 1. The van der Waals surface area contributed by atoms with E-state index in [1.807, 2.05) is 0 Å². The van der Waals surface area contributed by atoms with Gasteiger partial charge in [-0.25, -0.2) is 4.79 Å². The van der Waals surface area contributed by atoms with Crippen LogP contribution in [0.1, 0.15) is 32.6 Å². The molecule has 0 aromatic rings. The Morgan fingerprint density at radius 1 is 1.57 bits per heavy atom. The first-order valence-electron chi connectivity index (χ1n) is 5.26. The molecule has 3 heteroatoms. The van der Waals surface area contributed by atoms with Crippen molar-refractivity contribution in [1.29, 1.82) is 0 Å². The van der Waals surface area contributed by atoms with Crippen molar-refractivity contribution < 1.29 is 9.53 Å². The predicted octanol–water partition coefficient (Wildman–Crippen LogP) is 1.64. The average Bonchev–Trinajstić information content (AvgIpc) is 2.19.